The highest BCUT2D eigenvalue weighted by Crippen LogP contribution is 2.33. The maximum Gasteiger partial charge on any atom is 0.255 e. The van der Waals surface area contributed by atoms with E-state index in [0.29, 0.717) is 28.9 Å². The van der Waals surface area contributed by atoms with Crippen LogP contribution in [0.1, 0.15) is 52.7 Å². The molecule has 1 unspecified atom stereocenters. The van der Waals surface area contributed by atoms with Crippen molar-refractivity contribution >= 4 is 28.2 Å². The Kier molecular flexibility index (Phi) is 5.25. The molecule has 3 aromatic rings. The number of anilines is 2. The molecule has 3 aromatic heterocycles. The lowest BCUT2D eigenvalue weighted by Gasteiger charge is -2.24. The Hall–Kier alpha value is -2.94. The topological polar surface area (TPSA) is 96.8 Å². The third-order valence-corrected chi connectivity index (χ3v) is 5.61. The van der Waals surface area contributed by atoms with E-state index < -0.39 is 0 Å². The number of likely N-dealkylation sites (tertiary alicyclic amines) is 1. The number of amides is 1. The smallest absolute Gasteiger partial charge is 0.255 e. The first-order valence-electron chi connectivity index (χ1n) is 9.30. The highest BCUT2D eigenvalue weighted by atomic mass is 32.1. The predicted octanol–water partition coefficient (Wildman–Crippen LogP) is 3.31. The quantitative estimate of drug-likeness (QED) is 0.708. The molecule has 0 saturated carbocycles. The number of nitrogens with one attached hydrogen (secondary N) is 1. The second kappa shape index (κ2) is 7.97. The first kappa shape index (κ1) is 18.4. The van der Waals surface area contributed by atoms with Gasteiger partial charge in [-0.05, 0) is 38.3 Å². The molecule has 144 valence electrons. The van der Waals surface area contributed by atoms with Crippen LogP contribution in [0.2, 0.25) is 0 Å². The predicted molar refractivity (Wildman–Crippen MR) is 107 cm³/mol. The molecule has 28 heavy (non-hydrogen) atoms. The van der Waals surface area contributed by atoms with Crippen molar-refractivity contribution < 1.29 is 4.79 Å². The fourth-order valence-electron chi connectivity index (χ4n) is 3.35. The van der Waals surface area contributed by atoms with E-state index in [4.69, 9.17) is 0 Å². The highest BCUT2D eigenvalue weighted by molar-refractivity contribution is 7.15. The van der Waals surface area contributed by atoms with E-state index in [1.165, 1.54) is 11.3 Å². The Morgan fingerprint density at radius 1 is 1.36 bits per heavy atom. The third kappa shape index (κ3) is 3.84. The second-order valence-electron chi connectivity index (χ2n) is 6.60. The number of nitrogens with zero attached hydrogens (tertiary/aromatic N) is 6. The summed E-state index contributed by atoms with van der Waals surface area (Å²) in [5.74, 6) is 1.31. The molecule has 1 atom stereocenters. The summed E-state index contributed by atoms with van der Waals surface area (Å²) >= 11 is 1.51. The van der Waals surface area contributed by atoms with Crippen molar-refractivity contribution in [2.45, 2.75) is 39.2 Å². The molecule has 1 aliphatic rings. The van der Waals surface area contributed by atoms with Gasteiger partial charge in [-0.2, -0.15) is 0 Å². The third-order valence-electron chi connectivity index (χ3n) is 4.63. The molecule has 0 aliphatic carbocycles. The lowest BCUT2D eigenvalue weighted by atomic mass is 10.1. The molecule has 9 heteroatoms. The van der Waals surface area contributed by atoms with Gasteiger partial charge in [0.1, 0.15) is 16.6 Å². The van der Waals surface area contributed by atoms with Gasteiger partial charge >= 0.3 is 0 Å². The molecule has 4 heterocycles. The molecular formula is C19H21N7OS. The average Bonchev–Trinajstić information content (AvgIpc) is 3.37. The number of aromatic nitrogens is 5. The second-order valence-corrected chi connectivity index (χ2v) is 7.67. The van der Waals surface area contributed by atoms with E-state index in [0.717, 1.165) is 30.0 Å². The van der Waals surface area contributed by atoms with E-state index in [2.05, 4.69) is 30.5 Å². The van der Waals surface area contributed by atoms with Gasteiger partial charge in [0.2, 0.25) is 5.13 Å². The van der Waals surface area contributed by atoms with Gasteiger partial charge in [-0.25, -0.2) is 9.97 Å². The van der Waals surface area contributed by atoms with Crippen molar-refractivity contribution in [3.8, 4) is 0 Å². The van der Waals surface area contributed by atoms with Gasteiger partial charge in [-0.3, -0.25) is 9.78 Å². The summed E-state index contributed by atoms with van der Waals surface area (Å²) < 4.78 is 0. The maximum absolute atomic E-state index is 12.9. The van der Waals surface area contributed by atoms with Crippen molar-refractivity contribution in [3.63, 3.8) is 0 Å². The van der Waals surface area contributed by atoms with Gasteiger partial charge in [0, 0.05) is 25.0 Å². The minimum Gasteiger partial charge on any atom is -0.330 e. The SMILES string of the molecule is CCc1nnc(Nc2cc(C3CCCN3C(=O)c3cccnc3)nc(C)n2)s1. The van der Waals surface area contributed by atoms with Crippen LogP contribution in [0, 0.1) is 6.92 Å². The van der Waals surface area contributed by atoms with Crippen LogP contribution in [0.4, 0.5) is 10.9 Å². The van der Waals surface area contributed by atoms with E-state index >= 15 is 0 Å². The van der Waals surface area contributed by atoms with Crippen LogP contribution < -0.4 is 5.32 Å². The molecule has 4 rings (SSSR count). The largest absolute Gasteiger partial charge is 0.330 e. The molecule has 8 nitrogen and oxygen atoms in total. The Labute approximate surface area is 167 Å². The van der Waals surface area contributed by atoms with E-state index in [-0.39, 0.29) is 11.9 Å². The molecule has 1 amide bonds. The number of carbonyl (C=O) groups is 1. The number of rotatable bonds is 5. The summed E-state index contributed by atoms with van der Waals surface area (Å²) in [6, 6.07) is 5.40. The normalized spacial score (nSPS) is 16.4. The molecular weight excluding hydrogens is 374 g/mol. The lowest BCUT2D eigenvalue weighted by molar-refractivity contribution is 0.0732. The Morgan fingerprint density at radius 3 is 3.00 bits per heavy atom. The van der Waals surface area contributed by atoms with Gasteiger partial charge in [-0.15, -0.1) is 10.2 Å². The van der Waals surface area contributed by atoms with Crippen molar-refractivity contribution in [1.82, 2.24) is 30.0 Å². The van der Waals surface area contributed by atoms with Crippen LogP contribution in [0.25, 0.3) is 0 Å². The fraction of sp³-hybridized carbons (Fsp3) is 0.368. The number of hydrogen-bond donors (Lipinski definition) is 1. The number of carbonyl (C=O) groups excluding carboxylic acids is 1. The molecule has 0 spiro atoms. The standard InChI is InChI=1S/C19H21N7OS/c1-3-17-24-25-19(28-17)23-16-10-14(21-12(2)22-16)15-7-5-9-26(15)18(27)13-6-4-8-20-11-13/h4,6,8,10-11,15H,3,5,7,9H2,1-2H3,(H,21,22,23,25). The zero-order chi connectivity index (χ0) is 19.5. The van der Waals surface area contributed by atoms with Crippen LogP contribution in [0.3, 0.4) is 0 Å². The number of hydrogen-bond acceptors (Lipinski definition) is 8. The number of pyridine rings is 1. The van der Waals surface area contributed by atoms with Gasteiger partial charge < -0.3 is 10.2 Å². The van der Waals surface area contributed by atoms with Crippen LogP contribution in [-0.2, 0) is 6.42 Å². The van der Waals surface area contributed by atoms with Crippen LogP contribution in [0.5, 0.6) is 0 Å². The monoisotopic (exact) mass is 395 g/mol. The first-order chi connectivity index (χ1) is 13.6. The molecule has 0 bridgehead atoms. The van der Waals surface area contributed by atoms with Gasteiger partial charge in [0.05, 0.1) is 17.3 Å². The van der Waals surface area contributed by atoms with Crippen molar-refractivity contribution in [1.29, 1.82) is 0 Å². The molecule has 1 N–H and O–H groups in total. The first-order valence-corrected chi connectivity index (χ1v) is 10.1. The van der Waals surface area contributed by atoms with Crippen LogP contribution in [-0.4, -0.2) is 42.5 Å². The lowest BCUT2D eigenvalue weighted by Crippen LogP contribution is -2.31. The Bertz CT molecular complexity index is 975. The summed E-state index contributed by atoms with van der Waals surface area (Å²) in [6.45, 7) is 4.61. The van der Waals surface area contributed by atoms with Gasteiger partial charge in [-0.1, -0.05) is 18.3 Å². The van der Waals surface area contributed by atoms with E-state index in [1.54, 1.807) is 24.5 Å². The van der Waals surface area contributed by atoms with Gasteiger partial charge in [0.25, 0.3) is 5.91 Å². The number of aryl methyl sites for hydroxylation is 2. The minimum absolute atomic E-state index is 0.0157. The summed E-state index contributed by atoms with van der Waals surface area (Å²) in [5, 5.41) is 13.2. The Morgan fingerprint density at radius 2 is 2.25 bits per heavy atom. The molecule has 0 aromatic carbocycles. The van der Waals surface area contributed by atoms with Crippen molar-refractivity contribution in [2.75, 3.05) is 11.9 Å². The summed E-state index contributed by atoms with van der Waals surface area (Å²) in [4.78, 5) is 28.0. The van der Waals surface area contributed by atoms with E-state index in [1.807, 2.05) is 24.8 Å². The Balaban J connectivity index is 1.59. The zero-order valence-corrected chi connectivity index (χ0v) is 16.6. The van der Waals surface area contributed by atoms with Gasteiger partial charge in [0.15, 0.2) is 0 Å². The van der Waals surface area contributed by atoms with E-state index in [9.17, 15) is 4.79 Å². The highest BCUT2D eigenvalue weighted by Gasteiger charge is 2.32. The summed E-state index contributed by atoms with van der Waals surface area (Å²) in [5.41, 5.74) is 1.43. The van der Waals surface area contributed by atoms with Crippen LogP contribution in [0.15, 0.2) is 30.6 Å². The summed E-state index contributed by atoms with van der Waals surface area (Å²) in [6.07, 6.45) is 5.94. The molecule has 1 saturated heterocycles. The average molecular weight is 395 g/mol. The minimum atomic E-state index is -0.0735. The maximum atomic E-state index is 12.9. The molecule has 0 radical (unpaired) electrons. The molecule has 1 aliphatic heterocycles. The van der Waals surface area contributed by atoms with Crippen molar-refractivity contribution in [3.05, 3.63) is 52.7 Å². The fourth-order valence-corrected chi connectivity index (χ4v) is 4.04. The van der Waals surface area contributed by atoms with Crippen molar-refractivity contribution in [2.24, 2.45) is 0 Å². The summed E-state index contributed by atoms with van der Waals surface area (Å²) in [7, 11) is 0. The molecule has 1 fully saturated rings. The van der Waals surface area contributed by atoms with Crippen LogP contribution >= 0.6 is 11.3 Å². The zero-order valence-electron chi connectivity index (χ0n) is 15.8.